The highest BCUT2D eigenvalue weighted by molar-refractivity contribution is 5.79. The van der Waals surface area contributed by atoms with Crippen LogP contribution in [0.4, 0.5) is 0 Å². The fourth-order valence-corrected chi connectivity index (χ4v) is 3.03. The van der Waals surface area contributed by atoms with Crippen LogP contribution in [0.5, 0.6) is 0 Å². The average molecular weight is 277 g/mol. The van der Waals surface area contributed by atoms with E-state index in [-0.39, 0.29) is 0 Å². The molecule has 21 heavy (non-hydrogen) atoms. The standard InChI is InChI=1S/C18H19N3/c19-13-14-7-9-16(10-8-14)17(18-20-11-12-21-18)15-5-3-1-2-4-6-15/h7-12H,1-6H2,(H,20,21). The van der Waals surface area contributed by atoms with Crippen molar-refractivity contribution in [2.75, 3.05) is 0 Å². The molecule has 0 atom stereocenters. The molecule has 3 rings (SSSR count). The van der Waals surface area contributed by atoms with Crippen molar-refractivity contribution in [2.24, 2.45) is 0 Å². The zero-order valence-electron chi connectivity index (χ0n) is 12.1. The zero-order valence-corrected chi connectivity index (χ0v) is 12.1. The highest BCUT2D eigenvalue weighted by Crippen LogP contribution is 2.32. The molecule has 2 aromatic rings. The Bertz CT molecular complexity index is 647. The quantitative estimate of drug-likeness (QED) is 0.825. The second kappa shape index (κ2) is 6.41. The van der Waals surface area contributed by atoms with Crippen LogP contribution in [0, 0.1) is 11.3 Å². The number of hydrogen-bond donors (Lipinski definition) is 1. The molecule has 0 amide bonds. The number of nitrogens with zero attached hydrogens (tertiary/aromatic N) is 2. The first kappa shape index (κ1) is 13.6. The first-order chi connectivity index (χ1) is 10.4. The number of benzene rings is 1. The number of aromatic nitrogens is 2. The van der Waals surface area contributed by atoms with Crippen molar-refractivity contribution < 1.29 is 0 Å². The molecule has 106 valence electrons. The van der Waals surface area contributed by atoms with E-state index in [1.807, 2.05) is 30.5 Å². The molecule has 1 aromatic heterocycles. The van der Waals surface area contributed by atoms with Crippen LogP contribution in [0.2, 0.25) is 0 Å². The van der Waals surface area contributed by atoms with Crippen LogP contribution < -0.4 is 0 Å². The lowest BCUT2D eigenvalue weighted by atomic mass is 9.94. The number of aromatic amines is 1. The summed E-state index contributed by atoms with van der Waals surface area (Å²) in [6.45, 7) is 0. The van der Waals surface area contributed by atoms with Crippen LogP contribution in [0.25, 0.3) is 5.57 Å². The number of H-pyrrole nitrogens is 1. The van der Waals surface area contributed by atoms with Gasteiger partial charge in [0.15, 0.2) is 0 Å². The van der Waals surface area contributed by atoms with Crippen molar-refractivity contribution in [3.63, 3.8) is 0 Å². The van der Waals surface area contributed by atoms with Crippen molar-refractivity contribution in [1.82, 2.24) is 9.97 Å². The van der Waals surface area contributed by atoms with Crippen molar-refractivity contribution in [3.8, 4) is 6.07 Å². The molecule has 1 heterocycles. The molecule has 0 radical (unpaired) electrons. The van der Waals surface area contributed by atoms with Gasteiger partial charge in [0, 0.05) is 18.0 Å². The third kappa shape index (κ3) is 3.05. The number of imidazole rings is 1. The van der Waals surface area contributed by atoms with Gasteiger partial charge in [-0.25, -0.2) is 4.98 Å². The summed E-state index contributed by atoms with van der Waals surface area (Å²) in [6, 6.07) is 10.0. The summed E-state index contributed by atoms with van der Waals surface area (Å²) in [6.07, 6.45) is 11.1. The SMILES string of the molecule is N#Cc1ccc(C(=C2CCCCCC2)c2ncc[nH]2)cc1. The summed E-state index contributed by atoms with van der Waals surface area (Å²) in [5.74, 6) is 0.941. The van der Waals surface area contributed by atoms with E-state index >= 15 is 0 Å². The van der Waals surface area contributed by atoms with Crippen LogP contribution in [0.15, 0.2) is 42.2 Å². The Morgan fingerprint density at radius 3 is 2.33 bits per heavy atom. The molecule has 0 bridgehead atoms. The minimum absolute atomic E-state index is 0.698. The average Bonchev–Trinajstić information content (AvgIpc) is 2.91. The molecular weight excluding hydrogens is 258 g/mol. The molecule has 1 aromatic carbocycles. The van der Waals surface area contributed by atoms with Crippen molar-refractivity contribution in [3.05, 3.63) is 59.2 Å². The zero-order chi connectivity index (χ0) is 14.5. The van der Waals surface area contributed by atoms with Crippen LogP contribution in [-0.2, 0) is 0 Å². The Morgan fingerprint density at radius 2 is 1.76 bits per heavy atom. The fraction of sp³-hybridized carbons (Fsp3) is 0.333. The lowest BCUT2D eigenvalue weighted by Crippen LogP contribution is -1.97. The van der Waals surface area contributed by atoms with Gasteiger partial charge in [-0.3, -0.25) is 0 Å². The molecule has 1 aliphatic rings. The third-order valence-corrected chi connectivity index (χ3v) is 4.10. The normalized spacial score (nSPS) is 15.3. The van der Waals surface area contributed by atoms with Gasteiger partial charge in [-0.05, 0) is 43.4 Å². The van der Waals surface area contributed by atoms with Crippen molar-refractivity contribution in [2.45, 2.75) is 38.5 Å². The lowest BCUT2D eigenvalue weighted by Gasteiger charge is -2.13. The second-order valence-electron chi connectivity index (χ2n) is 5.52. The van der Waals surface area contributed by atoms with E-state index in [1.54, 1.807) is 6.20 Å². The number of allylic oxidation sites excluding steroid dienone is 1. The Morgan fingerprint density at radius 1 is 1.05 bits per heavy atom. The smallest absolute Gasteiger partial charge is 0.137 e. The molecule has 1 fully saturated rings. The topological polar surface area (TPSA) is 52.5 Å². The van der Waals surface area contributed by atoms with Crippen LogP contribution >= 0.6 is 0 Å². The summed E-state index contributed by atoms with van der Waals surface area (Å²) >= 11 is 0. The van der Waals surface area contributed by atoms with Crippen molar-refractivity contribution >= 4 is 5.57 Å². The van der Waals surface area contributed by atoms with Gasteiger partial charge < -0.3 is 4.98 Å². The van der Waals surface area contributed by atoms with E-state index in [1.165, 1.54) is 36.8 Å². The first-order valence-electron chi connectivity index (χ1n) is 7.61. The minimum atomic E-state index is 0.698. The predicted octanol–water partition coefficient (Wildman–Crippen LogP) is 4.44. The van der Waals surface area contributed by atoms with Gasteiger partial charge in [0.25, 0.3) is 0 Å². The Labute approximate surface area is 125 Å². The van der Waals surface area contributed by atoms with Gasteiger partial charge in [-0.1, -0.05) is 30.5 Å². The van der Waals surface area contributed by atoms with Crippen LogP contribution in [0.1, 0.15) is 55.5 Å². The van der Waals surface area contributed by atoms with Crippen molar-refractivity contribution in [1.29, 1.82) is 5.26 Å². The summed E-state index contributed by atoms with van der Waals surface area (Å²) in [5.41, 5.74) is 4.57. The monoisotopic (exact) mass is 277 g/mol. The number of nitrogens with one attached hydrogen (secondary N) is 1. The van der Waals surface area contributed by atoms with Gasteiger partial charge in [0.2, 0.25) is 0 Å². The summed E-state index contributed by atoms with van der Waals surface area (Å²) < 4.78 is 0. The molecule has 0 spiro atoms. The molecule has 3 heteroatoms. The van der Waals surface area contributed by atoms with Crippen LogP contribution in [0.3, 0.4) is 0 Å². The summed E-state index contributed by atoms with van der Waals surface area (Å²) in [5, 5.41) is 8.96. The third-order valence-electron chi connectivity index (χ3n) is 4.10. The molecule has 0 aliphatic heterocycles. The molecular formula is C18H19N3. The van der Waals surface area contributed by atoms with E-state index in [0.717, 1.165) is 24.2 Å². The largest absolute Gasteiger partial charge is 0.345 e. The first-order valence-corrected chi connectivity index (χ1v) is 7.61. The predicted molar refractivity (Wildman–Crippen MR) is 83.5 cm³/mol. The molecule has 1 N–H and O–H groups in total. The van der Waals surface area contributed by atoms with Gasteiger partial charge in [0.05, 0.1) is 11.6 Å². The summed E-state index contributed by atoms with van der Waals surface area (Å²) in [7, 11) is 0. The van der Waals surface area contributed by atoms with E-state index in [0.29, 0.717) is 5.56 Å². The highest BCUT2D eigenvalue weighted by atomic mass is 14.9. The van der Waals surface area contributed by atoms with E-state index in [2.05, 4.69) is 16.0 Å². The lowest BCUT2D eigenvalue weighted by molar-refractivity contribution is 0.702. The molecule has 3 nitrogen and oxygen atoms in total. The molecule has 0 unspecified atom stereocenters. The van der Waals surface area contributed by atoms with Gasteiger partial charge in [-0.15, -0.1) is 0 Å². The number of rotatable bonds is 2. The minimum Gasteiger partial charge on any atom is -0.345 e. The Hall–Kier alpha value is -2.34. The molecule has 1 saturated carbocycles. The fourth-order valence-electron chi connectivity index (χ4n) is 3.03. The number of nitriles is 1. The Kier molecular flexibility index (Phi) is 4.16. The van der Waals surface area contributed by atoms with E-state index in [9.17, 15) is 0 Å². The number of hydrogen-bond acceptors (Lipinski definition) is 2. The van der Waals surface area contributed by atoms with Gasteiger partial charge in [0.1, 0.15) is 5.82 Å². The second-order valence-corrected chi connectivity index (χ2v) is 5.52. The molecule has 0 saturated heterocycles. The van der Waals surface area contributed by atoms with E-state index < -0.39 is 0 Å². The Balaban J connectivity index is 2.07. The maximum absolute atomic E-state index is 8.96. The molecule has 1 aliphatic carbocycles. The summed E-state index contributed by atoms with van der Waals surface area (Å²) in [4.78, 5) is 7.71. The highest BCUT2D eigenvalue weighted by Gasteiger charge is 2.15. The van der Waals surface area contributed by atoms with Crippen LogP contribution in [-0.4, -0.2) is 9.97 Å². The van der Waals surface area contributed by atoms with Gasteiger partial charge in [-0.2, -0.15) is 5.26 Å². The maximum Gasteiger partial charge on any atom is 0.137 e. The van der Waals surface area contributed by atoms with Gasteiger partial charge >= 0.3 is 0 Å². The maximum atomic E-state index is 8.96. The van der Waals surface area contributed by atoms with E-state index in [4.69, 9.17) is 5.26 Å².